The van der Waals surface area contributed by atoms with Crippen LogP contribution in [0.2, 0.25) is 0 Å². The van der Waals surface area contributed by atoms with E-state index >= 15 is 0 Å². The largest absolute Gasteiger partial charge is 0.207 e. The van der Waals surface area contributed by atoms with E-state index in [1.54, 1.807) is 6.07 Å². The molecule has 1 aliphatic rings. The van der Waals surface area contributed by atoms with Crippen molar-refractivity contribution >= 4 is 0 Å². The quantitative estimate of drug-likeness (QED) is 0.542. The summed E-state index contributed by atoms with van der Waals surface area (Å²) in [5, 5.41) is 0. The van der Waals surface area contributed by atoms with Crippen LogP contribution in [-0.4, -0.2) is 0 Å². The molecule has 0 aromatic heterocycles. The van der Waals surface area contributed by atoms with Gasteiger partial charge in [-0.15, -0.1) is 0 Å². The van der Waals surface area contributed by atoms with Gasteiger partial charge in [0, 0.05) is 0 Å². The van der Waals surface area contributed by atoms with Gasteiger partial charge >= 0.3 is 0 Å². The van der Waals surface area contributed by atoms with E-state index in [4.69, 9.17) is 0 Å². The highest BCUT2D eigenvalue weighted by atomic mass is 19.2. The molecule has 0 saturated carbocycles. The molecular formula is C13H7F3. The molecule has 3 heteroatoms. The first-order chi connectivity index (χ1) is 7.65. The minimum atomic E-state index is -0.865. The van der Waals surface area contributed by atoms with Gasteiger partial charge in [-0.05, 0) is 52.9 Å². The second-order valence-electron chi connectivity index (χ2n) is 3.90. The number of halogens is 3. The summed E-state index contributed by atoms with van der Waals surface area (Å²) in [6.45, 7) is 0. The molecule has 0 N–H and O–H groups in total. The van der Waals surface area contributed by atoms with Crippen LogP contribution in [0.4, 0.5) is 13.2 Å². The number of hydrogen-bond donors (Lipinski definition) is 0. The van der Waals surface area contributed by atoms with Crippen LogP contribution in [-0.2, 0) is 6.42 Å². The maximum atomic E-state index is 13.1. The van der Waals surface area contributed by atoms with Gasteiger partial charge in [0.05, 0.1) is 0 Å². The second kappa shape index (κ2) is 3.11. The van der Waals surface area contributed by atoms with Gasteiger partial charge in [-0.25, -0.2) is 13.2 Å². The minimum absolute atomic E-state index is 0.326. The van der Waals surface area contributed by atoms with Crippen molar-refractivity contribution in [3.63, 3.8) is 0 Å². The van der Waals surface area contributed by atoms with Crippen molar-refractivity contribution in [2.75, 3.05) is 0 Å². The molecule has 3 rings (SSSR count). The van der Waals surface area contributed by atoms with Crippen molar-refractivity contribution in [1.82, 2.24) is 0 Å². The molecule has 80 valence electrons. The molecule has 0 atom stereocenters. The molecule has 0 nitrogen and oxygen atoms in total. The number of rotatable bonds is 0. The zero-order chi connectivity index (χ0) is 11.3. The Morgan fingerprint density at radius 1 is 0.750 bits per heavy atom. The van der Waals surface area contributed by atoms with Crippen molar-refractivity contribution < 1.29 is 13.2 Å². The smallest absolute Gasteiger partial charge is 0.159 e. The van der Waals surface area contributed by atoms with Gasteiger partial charge in [0.2, 0.25) is 0 Å². The predicted octanol–water partition coefficient (Wildman–Crippen LogP) is 3.68. The maximum Gasteiger partial charge on any atom is 0.159 e. The Labute approximate surface area is 90.3 Å². The number of hydrogen-bond acceptors (Lipinski definition) is 0. The lowest BCUT2D eigenvalue weighted by Crippen LogP contribution is -1.87. The minimum Gasteiger partial charge on any atom is -0.207 e. The molecule has 0 radical (unpaired) electrons. The second-order valence-corrected chi connectivity index (χ2v) is 3.90. The van der Waals surface area contributed by atoms with Gasteiger partial charge < -0.3 is 0 Å². The fourth-order valence-electron chi connectivity index (χ4n) is 2.16. The van der Waals surface area contributed by atoms with Crippen LogP contribution in [0.25, 0.3) is 11.1 Å². The third-order valence-corrected chi connectivity index (χ3v) is 2.88. The Bertz CT molecular complexity index is 588. The van der Waals surface area contributed by atoms with Crippen LogP contribution in [0.15, 0.2) is 30.3 Å². The molecule has 0 unspecified atom stereocenters. The van der Waals surface area contributed by atoms with E-state index in [9.17, 15) is 13.2 Å². The van der Waals surface area contributed by atoms with Crippen LogP contribution >= 0.6 is 0 Å². The summed E-state index contributed by atoms with van der Waals surface area (Å²) >= 11 is 0. The van der Waals surface area contributed by atoms with Gasteiger partial charge in [0.25, 0.3) is 0 Å². The van der Waals surface area contributed by atoms with Gasteiger partial charge in [0.1, 0.15) is 5.82 Å². The molecule has 0 heterocycles. The first-order valence-electron chi connectivity index (χ1n) is 4.92. The maximum absolute atomic E-state index is 13.1. The van der Waals surface area contributed by atoms with E-state index in [0.717, 1.165) is 11.1 Å². The molecule has 0 bridgehead atoms. The lowest BCUT2D eigenvalue weighted by Gasteiger charge is -2.01. The van der Waals surface area contributed by atoms with E-state index in [1.807, 2.05) is 0 Å². The van der Waals surface area contributed by atoms with E-state index in [1.165, 1.54) is 24.3 Å². The Kier molecular flexibility index (Phi) is 1.84. The van der Waals surface area contributed by atoms with E-state index < -0.39 is 11.6 Å². The van der Waals surface area contributed by atoms with Gasteiger partial charge in [0.15, 0.2) is 11.6 Å². The van der Waals surface area contributed by atoms with Crippen molar-refractivity contribution in [3.05, 3.63) is 58.9 Å². The van der Waals surface area contributed by atoms with Crippen LogP contribution in [0, 0.1) is 17.5 Å². The Hall–Kier alpha value is -1.77. The van der Waals surface area contributed by atoms with Gasteiger partial charge in [-0.1, -0.05) is 6.07 Å². The first kappa shape index (κ1) is 9.46. The fraction of sp³-hybridized carbons (Fsp3) is 0.0769. The SMILES string of the molecule is Fc1ccc2c(c1)Cc1cc(F)c(F)cc1-2. The van der Waals surface area contributed by atoms with Crippen molar-refractivity contribution in [2.45, 2.75) is 6.42 Å². The summed E-state index contributed by atoms with van der Waals surface area (Å²) in [5.41, 5.74) is 2.93. The highest BCUT2D eigenvalue weighted by Gasteiger charge is 2.21. The summed E-state index contributed by atoms with van der Waals surface area (Å²) in [6.07, 6.45) is 0.458. The van der Waals surface area contributed by atoms with Gasteiger partial charge in [-0.2, -0.15) is 0 Å². The molecule has 0 saturated heterocycles. The average Bonchev–Trinajstić information content (AvgIpc) is 2.55. The fourth-order valence-corrected chi connectivity index (χ4v) is 2.16. The molecule has 0 spiro atoms. The molecule has 16 heavy (non-hydrogen) atoms. The average molecular weight is 220 g/mol. The van der Waals surface area contributed by atoms with Crippen molar-refractivity contribution in [2.24, 2.45) is 0 Å². The Morgan fingerprint density at radius 2 is 1.44 bits per heavy atom. The normalized spacial score (nSPS) is 12.4. The van der Waals surface area contributed by atoms with Crippen molar-refractivity contribution in [1.29, 1.82) is 0 Å². The topological polar surface area (TPSA) is 0 Å². The molecule has 2 aromatic rings. The monoisotopic (exact) mass is 220 g/mol. The Morgan fingerprint density at radius 3 is 2.25 bits per heavy atom. The van der Waals surface area contributed by atoms with Crippen LogP contribution < -0.4 is 0 Å². The van der Waals surface area contributed by atoms with Gasteiger partial charge in [-0.3, -0.25) is 0 Å². The lowest BCUT2D eigenvalue weighted by atomic mass is 10.1. The number of fused-ring (bicyclic) bond motifs is 3. The third kappa shape index (κ3) is 1.24. The summed E-state index contributed by atoms with van der Waals surface area (Å²) in [5.74, 6) is -2.05. The molecule has 2 aromatic carbocycles. The highest BCUT2D eigenvalue weighted by Crippen LogP contribution is 2.37. The number of benzene rings is 2. The Balaban J connectivity index is 2.25. The molecular weight excluding hydrogens is 213 g/mol. The van der Waals surface area contributed by atoms with E-state index in [-0.39, 0.29) is 5.82 Å². The van der Waals surface area contributed by atoms with Crippen LogP contribution in [0.3, 0.4) is 0 Å². The summed E-state index contributed by atoms with van der Waals surface area (Å²) < 4.78 is 39.1. The molecule has 0 fully saturated rings. The van der Waals surface area contributed by atoms with E-state index in [2.05, 4.69) is 0 Å². The predicted molar refractivity (Wildman–Crippen MR) is 54.6 cm³/mol. The van der Waals surface area contributed by atoms with Crippen LogP contribution in [0.5, 0.6) is 0 Å². The highest BCUT2D eigenvalue weighted by molar-refractivity contribution is 5.76. The zero-order valence-electron chi connectivity index (χ0n) is 8.23. The van der Waals surface area contributed by atoms with Crippen LogP contribution in [0.1, 0.15) is 11.1 Å². The zero-order valence-corrected chi connectivity index (χ0v) is 8.23. The lowest BCUT2D eigenvalue weighted by molar-refractivity contribution is 0.508. The molecule has 1 aliphatic carbocycles. The first-order valence-corrected chi connectivity index (χ1v) is 4.92. The van der Waals surface area contributed by atoms with Crippen molar-refractivity contribution in [3.8, 4) is 11.1 Å². The molecule has 0 aliphatic heterocycles. The molecule has 0 amide bonds. The summed E-state index contributed by atoms with van der Waals surface area (Å²) in [6, 6.07) is 6.70. The summed E-state index contributed by atoms with van der Waals surface area (Å²) in [4.78, 5) is 0. The standard InChI is InChI=1S/C13H7F3/c14-9-1-2-10-7(4-9)3-8-5-12(15)13(16)6-11(8)10/h1-2,4-6H,3H2. The third-order valence-electron chi connectivity index (χ3n) is 2.88. The van der Waals surface area contributed by atoms with E-state index in [0.29, 0.717) is 17.5 Å². The summed E-state index contributed by atoms with van der Waals surface area (Å²) in [7, 11) is 0.